The van der Waals surface area contributed by atoms with Gasteiger partial charge in [-0.25, -0.2) is 0 Å². The first-order valence-electron chi connectivity index (χ1n) is 10.6. The van der Waals surface area contributed by atoms with Gasteiger partial charge in [0.15, 0.2) is 6.04 Å². The summed E-state index contributed by atoms with van der Waals surface area (Å²) in [5, 5.41) is 3.14. The molecule has 0 saturated carbocycles. The molecule has 0 unspecified atom stereocenters. The summed E-state index contributed by atoms with van der Waals surface area (Å²) in [5.41, 5.74) is 2.82. The fourth-order valence-corrected chi connectivity index (χ4v) is 3.88. The van der Waals surface area contributed by atoms with Crippen molar-refractivity contribution in [1.82, 2.24) is 4.90 Å². The van der Waals surface area contributed by atoms with Crippen molar-refractivity contribution >= 4 is 17.5 Å². The van der Waals surface area contributed by atoms with Crippen LogP contribution in [0.4, 0.5) is 5.69 Å². The molecule has 2 atom stereocenters. The zero-order valence-electron chi connectivity index (χ0n) is 17.7. The number of hydrogen-bond acceptors (Lipinski definition) is 2. The number of nitrogens with one attached hydrogen (secondary N) is 2. The van der Waals surface area contributed by atoms with Crippen molar-refractivity contribution in [2.45, 2.75) is 39.2 Å². The molecule has 1 fully saturated rings. The number of benzene rings is 2. The Labute approximate surface area is 173 Å². The maximum absolute atomic E-state index is 12.9. The normalized spacial score (nSPS) is 16.9. The molecule has 1 saturated heterocycles. The minimum atomic E-state index is -0.158. The van der Waals surface area contributed by atoms with E-state index in [2.05, 4.69) is 25.2 Å². The second kappa shape index (κ2) is 9.70. The Kier molecular flexibility index (Phi) is 7.04. The number of amides is 2. The average molecular weight is 395 g/mol. The Morgan fingerprint density at radius 1 is 1.00 bits per heavy atom. The largest absolute Gasteiger partial charge is 0.327 e. The van der Waals surface area contributed by atoms with Crippen LogP contribution in [0.25, 0.3) is 0 Å². The van der Waals surface area contributed by atoms with Gasteiger partial charge in [0.25, 0.3) is 11.8 Å². The number of hydrogen-bond donors (Lipinski definition) is 2. The van der Waals surface area contributed by atoms with Gasteiger partial charge >= 0.3 is 0 Å². The zero-order chi connectivity index (χ0) is 20.8. The van der Waals surface area contributed by atoms with Crippen LogP contribution in [0.3, 0.4) is 0 Å². The number of quaternary nitrogens is 1. The van der Waals surface area contributed by atoms with E-state index in [0.717, 1.165) is 30.8 Å². The first kappa shape index (κ1) is 21.1. The maximum Gasteiger partial charge on any atom is 0.282 e. The molecule has 0 radical (unpaired) electrons. The first-order valence-corrected chi connectivity index (χ1v) is 10.6. The van der Waals surface area contributed by atoms with Gasteiger partial charge in [0.2, 0.25) is 0 Å². The predicted octanol–water partition coefficient (Wildman–Crippen LogP) is 2.57. The van der Waals surface area contributed by atoms with Gasteiger partial charge < -0.3 is 15.1 Å². The molecule has 1 aliphatic heterocycles. The minimum absolute atomic E-state index is 0.0404. The summed E-state index contributed by atoms with van der Waals surface area (Å²) in [6.45, 7) is 9.22. The van der Waals surface area contributed by atoms with Crippen molar-refractivity contribution in [3.05, 3.63) is 65.7 Å². The number of nitrogens with zero attached hydrogens (tertiary/aromatic N) is 1. The van der Waals surface area contributed by atoms with E-state index in [9.17, 15) is 9.59 Å². The standard InChI is InChI=1S/C24H31N3O2/c1-4-18(2)21-12-8-9-13-22(21)25-23(28)19(3)26-14-16-27(17-15-26)24(29)20-10-6-5-7-11-20/h5-13,18-19H,4,14-17H2,1-3H3,(H,25,28)/p+1/t18-,19+/m0/s1. The predicted molar refractivity (Wildman–Crippen MR) is 116 cm³/mol. The van der Waals surface area contributed by atoms with Gasteiger partial charge in [-0.1, -0.05) is 50.2 Å². The lowest BCUT2D eigenvalue weighted by Crippen LogP contribution is -3.19. The third kappa shape index (κ3) is 5.04. The third-order valence-electron chi connectivity index (χ3n) is 6.08. The molecular weight excluding hydrogens is 362 g/mol. The van der Waals surface area contributed by atoms with Crippen molar-refractivity contribution < 1.29 is 14.5 Å². The van der Waals surface area contributed by atoms with Crippen LogP contribution in [0.5, 0.6) is 0 Å². The molecule has 2 aromatic rings. The van der Waals surface area contributed by atoms with E-state index >= 15 is 0 Å². The number of rotatable bonds is 6. The summed E-state index contributed by atoms with van der Waals surface area (Å²) in [7, 11) is 0. The summed E-state index contributed by atoms with van der Waals surface area (Å²) >= 11 is 0. The molecule has 1 heterocycles. The van der Waals surface area contributed by atoms with Crippen LogP contribution in [0, 0.1) is 0 Å². The molecule has 154 valence electrons. The number of para-hydroxylation sites is 1. The Morgan fingerprint density at radius 3 is 2.28 bits per heavy atom. The van der Waals surface area contributed by atoms with Crippen LogP contribution in [-0.2, 0) is 4.79 Å². The molecular formula is C24H32N3O2+. The minimum Gasteiger partial charge on any atom is -0.327 e. The molecule has 1 aliphatic rings. The van der Waals surface area contributed by atoms with Gasteiger partial charge in [0.05, 0.1) is 26.2 Å². The summed E-state index contributed by atoms with van der Waals surface area (Å²) in [6.07, 6.45) is 1.03. The van der Waals surface area contributed by atoms with E-state index < -0.39 is 0 Å². The summed E-state index contributed by atoms with van der Waals surface area (Å²) < 4.78 is 0. The maximum atomic E-state index is 12.9. The van der Waals surface area contributed by atoms with Gasteiger partial charge in [-0.3, -0.25) is 9.59 Å². The molecule has 0 aliphatic carbocycles. The van der Waals surface area contributed by atoms with Crippen LogP contribution in [0.2, 0.25) is 0 Å². The highest BCUT2D eigenvalue weighted by Gasteiger charge is 2.31. The Morgan fingerprint density at radius 2 is 1.62 bits per heavy atom. The Bertz CT molecular complexity index is 829. The van der Waals surface area contributed by atoms with Gasteiger partial charge in [0.1, 0.15) is 0 Å². The molecule has 2 amide bonds. The van der Waals surface area contributed by atoms with E-state index in [1.54, 1.807) is 0 Å². The van der Waals surface area contributed by atoms with E-state index in [1.807, 2.05) is 60.4 Å². The molecule has 5 nitrogen and oxygen atoms in total. The second-order valence-electron chi connectivity index (χ2n) is 7.92. The SMILES string of the molecule is CC[C@H](C)c1ccccc1NC(=O)[C@@H](C)[NH+]1CCN(C(=O)c2ccccc2)CC1. The number of piperazine rings is 1. The zero-order valence-corrected chi connectivity index (χ0v) is 17.7. The van der Waals surface area contributed by atoms with Gasteiger partial charge in [-0.15, -0.1) is 0 Å². The van der Waals surface area contributed by atoms with E-state index in [4.69, 9.17) is 0 Å². The lowest BCUT2D eigenvalue weighted by Gasteiger charge is -2.35. The van der Waals surface area contributed by atoms with Crippen molar-refractivity contribution in [2.75, 3.05) is 31.5 Å². The first-order chi connectivity index (χ1) is 14.0. The summed E-state index contributed by atoms with van der Waals surface area (Å²) in [5.74, 6) is 0.518. The van der Waals surface area contributed by atoms with E-state index in [1.165, 1.54) is 10.5 Å². The molecule has 29 heavy (non-hydrogen) atoms. The number of carbonyl (C=O) groups excluding carboxylic acids is 2. The lowest BCUT2D eigenvalue weighted by molar-refractivity contribution is -0.917. The quantitative estimate of drug-likeness (QED) is 0.791. The number of carbonyl (C=O) groups is 2. The van der Waals surface area contributed by atoms with Crippen molar-refractivity contribution in [1.29, 1.82) is 0 Å². The second-order valence-corrected chi connectivity index (χ2v) is 7.92. The van der Waals surface area contributed by atoms with Gasteiger partial charge in [-0.05, 0) is 43.0 Å². The van der Waals surface area contributed by atoms with Crippen molar-refractivity contribution in [3.8, 4) is 0 Å². The molecule has 3 rings (SSSR count). The van der Waals surface area contributed by atoms with Crippen molar-refractivity contribution in [3.63, 3.8) is 0 Å². The van der Waals surface area contributed by atoms with E-state index in [-0.39, 0.29) is 17.9 Å². The lowest BCUT2D eigenvalue weighted by atomic mass is 9.97. The molecule has 0 spiro atoms. The van der Waals surface area contributed by atoms with Crippen LogP contribution >= 0.6 is 0 Å². The fraction of sp³-hybridized carbons (Fsp3) is 0.417. The third-order valence-corrected chi connectivity index (χ3v) is 6.08. The van der Waals surface area contributed by atoms with Crippen LogP contribution < -0.4 is 10.2 Å². The fourth-order valence-electron chi connectivity index (χ4n) is 3.88. The van der Waals surface area contributed by atoms with Gasteiger partial charge in [0, 0.05) is 11.3 Å². The highest BCUT2D eigenvalue weighted by atomic mass is 16.2. The highest BCUT2D eigenvalue weighted by Crippen LogP contribution is 2.26. The Balaban J connectivity index is 1.57. The van der Waals surface area contributed by atoms with Crippen LogP contribution in [-0.4, -0.2) is 48.9 Å². The summed E-state index contributed by atoms with van der Waals surface area (Å²) in [4.78, 5) is 28.6. The molecule has 0 bridgehead atoms. The smallest absolute Gasteiger partial charge is 0.282 e. The molecule has 0 aromatic heterocycles. The average Bonchev–Trinajstić information content (AvgIpc) is 2.78. The van der Waals surface area contributed by atoms with Crippen LogP contribution in [0.15, 0.2) is 54.6 Å². The monoisotopic (exact) mass is 394 g/mol. The van der Waals surface area contributed by atoms with Gasteiger partial charge in [-0.2, -0.15) is 0 Å². The number of anilines is 1. The highest BCUT2D eigenvalue weighted by molar-refractivity contribution is 5.95. The molecule has 5 heteroatoms. The topological polar surface area (TPSA) is 53.9 Å². The molecule has 2 N–H and O–H groups in total. The van der Waals surface area contributed by atoms with E-state index in [0.29, 0.717) is 19.0 Å². The Hall–Kier alpha value is -2.66. The molecule has 2 aromatic carbocycles. The van der Waals surface area contributed by atoms with Crippen molar-refractivity contribution in [2.24, 2.45) is 0 Å². The van der Waals surface area contributed by atoms with Crippen LogP contribution in [0.1, 0.15) is 49.0 Å². The summed E-state index contributed by atoms with van der Waals surface area (Å²) in [6, 6.07) is 17.3.